The summed E-state index contributed by atoms with van der Waals surface area (Å²) in [5.74, 6) is 1.67. The van der Waals surface area contributed by atoms with E-state index in [2.05, 4.69) is 57.2 Å². The van der Waals surface area contributed by atoms with Crippen molar-refractivity contribution in [1.82, 2.24) is 19.9 Å². The normalized spacial score (nSPS) is 18.3. The molecular weight excluding hydrogens is 308 g/mol. The van der Waals surface area contributed by atoms with Crippen LogP contribution in [0, 0.1) is 5.92 Å². The van der Waals surface area contributed by atoms with Gasteiger partial charge in [0.25, 0.3) is 0 Å². The molecule has 2 heterocycles. The minimum Gasteiger partial charge on any atom is -0.300 e. The largest absolute Gasteiger partial charge is 0.300 e. The number of hydrogen-bond donors (Lipinski definition) is 1. The Bertz CT molecular complexity index is 805. The third kappa shape index (κ3) is 3.45. The van der Waals surface area contributed by atoms with Crippen LogP contribution in [0.4, 0.5) is 0 Å². The van der Waals surface area contributed by atoms with Gasteiger partial charge in [-0.15, -0.1) is 10.2 Å². The second kappa shape index (κ2) is 7.36. The lowest BCUT2D eigenvalue weighted by Crippen LogP contribution is -2.32. The Morgan fingerprint density at radius 1 is 0.960 bits per heavy atom. The quantitative estimate of drug-likeness (QED) is 0.735. The van der Waals surface area contributed by atoms with E-state index < -0.39 is 0 Å². The summed E-state index contributed by atoms with van der Waals surface area (Å²) in [6.45, 7) is 2.20. The third-order valence-electron chi connectivity index (χ3n) is 5.44. The van der Waals surface area contributed by atoms with E-state index in [1.165, 1.54) is 37.7 Å². The summed E-state index contributed by atoms with van der Waals surface area (Å²) in [6, 6.07) is 17.4. The second-order valence-corrected chi connectivity index (χ2v) is 7.16. The van der Waals surface area contributed by atoms with Gasteiger partial charge in [0.1, 0.15) is 0 Å². The fourth-order valence-corrected chi connectivity index (χ4v) is 4.13. The average molecular weight is 334 g/mol. The van der Waals surface area contributed by atoms with Gasteiger partial charge in [-0.2, -0.15) is 0 Å². The maximum Gasteiger partial charge on any atom is 0.160 e. The van der Waals surface area contributed by atoms with Crippen molar-refractivity contribution >= 4 is 5.65 Å². The highest BCUT2D eigenvalue weighted by molar-refractivity contribution is 5.37. The Hall–Kier alpha value is -2.20. The highest BCUT2D eigenvalue weighted by atomic mass is 15.3. The molecule has 0 aliphatic heterocycles. The minimum absolute atomic E-state index is 0.143. The fraction of sp³-hybridized carbons (Fsp3) is 0.429. The van der Waals surface area contributed by atoms with Crippen LogP contribution in [0.15, 0.2) is 54.7 Å². The lowest BCUT2D eigenvalue weighted by molar-refractivity contribution is 0.255. The van der Waals surface area contributed by atoms with Crippen molar-refractivity contribution < 1.29 is 0 Å². The minimum atomic E-state index is 0.143. The van der Waals surface area contributed by atoms with Gasteiger partial charge >= 0.3 is 0 Å². The van der Waals surface area contributed by atoms with Crippen LogP contribution in [0.25, 0.3) is 5.65 Å². The Kier molecular flexibility index (Phi) is 4.79. The van der Waals surface area contributed by atoms with Crippen LogP contribution in [0.2, 0.25) is 0 Å². The molecule has 2 atom stereocenters. The van der Waals surface area contributed by atoms with Gasteiger partial charge in [0.15, 0.2) is 11.5 Å². The molecule has 0 unspecified atom stereocenters. The highest BCUT2D eigenvalue weighted by Gasteiger charge is 2.27. The van der Waals surface area contributed by atoms with Crippen molar-refractivity contribution in [3.8, 4) is 0 Å². The molecule has 0 amide bonds. The van der Waals surface area contributed by atoms with Crippen molar-refractivity contribution in [1.29, 1.82) is 0 Å². The molecule has 3 aromatic rings. The molecule has 0 bridgehead atoms. The van der Waals surface area contributed by atoms with Crippen LogP contribution in [-0.2, 0) is 0 Å². The topological polar surface area (TPSA) is 42.2 Å². The summed E-state index contributed by atoms with van der Waals surface area (Å²) in [4.78, 5) is 0. The number of nitrogens with zero attached hydrogens (tertiary/aromatic N) is 3. The summed E-state index contributed by atoms with van der Waals surface area (Å²) in [5, 5.41) is 12.6. The first-order chi connectivity index (χ1) is 12.3. The molecule has 4 heteroatoms. The zero-order valence-electron chi connectivity index (χ0n) is 14.8. The Balaban J connectivity index is 1.61. The summed E-state index contributed by atoms with van der Waals surface area (Å²) >= 11 is 0. The number of aromatic nitrogens is 3. The van der Waals surface area contributed by atoms with Crippen LogP contribution >= 0.6 is 0 Å². The molecule has 1 aliphatic carbocycles. The molecule has 1 saturated carbocycles. The van der Waals surface area contributed by atoms with Crippen LogP contribution in [0.1, 0.15) is 62.5 Å². The highest BCUT2D eigenvalue weighted by Crippen LogP contribution is 2.35. The molecule has 0 spiro atoms. The maximum absolute atomic E-state index is 4.44. The number of nitrogens with one attached hydrogen (secondary N) is 1. The molecule has 1 aliphatic rings. The molecular formula is C21H26N4. The zero-order chi connectivity index (χ0) is 17.1. The molecule has 25 heavy (non-hydrogen) atoms. The molecule has 0 radical (unpaired) electrons. The first kappa shape index (κ1) is 16.3. The van der Waals surface area contributed by atoms with E-state index in [4.69, 9.17) is 0 Å². The predicted octanol–water partition coefficient (Wildman–Crippen LogP) is 4.70. The number of pyridine rings is 1. The van der Waals surface area contributed by atoms with Gasteiger partial charge in [-0.1, -0.05) is 55.7 Å². The van der Waals surface area contributed by atoms with E-state index in [0.717, 1.165) is 11.5 Å². The number of benzene rings is 1. The van der Waals surface area contributed by atoms with E-state index >= 15 is 0 Å². The lowest BCUT2D eigenvalue weighted by Gasteiger charge is -2.33. The zero-order valence-corrected chi connectivity index (χ0v) is 14.8. The van der Waals surface area contributed by atoms with E-state index in [9.17, 15) is 0 Å². The summed E-state index contributed by atoms with van der Waals surface area (Å²) in [6.07, 6.45) is 8.72. The maximum atomic E-state index is 4.44. The molecule has 4 rings (SSSR count). The second-order valence-electron chi connectivity index (χ2n) is 7.16. The number of fused-ring (bicyclic) bond motifs is 1. The predicted molar refractivity (Wildman–Crippen MR) is 100 cm³/mol. The molecule has 1 fully saturated rings. The van der Waals surface area contributed by atoms with Crippen LogP contribution in [0.3, 0.4) is 0 Å². The summed E-state index contributed by atoms with van der Waals surface area (Å²) in [5.41, 5.74) is 2.29. The molecule has 1 N–H and O–H groups in total. The summed E-state index contributed by atoms with van der Waals surface area (Å²) < 4.78 is 2.08. The smallest absolute Gasteiger partial charge is 0.160 e. The Morgan fingerprint density at radius 3 is 2.52 bits per heavy atom. The monoisotopic (exact) mass is 334 g/mol. The first-order valence-corrected chi connectivity index (χ1v) is 9.43. The lowest BCUT2D eigenvalue weighted by atomic mass is 9.81. The third-order valence-corrected chi connectivity index (χ3v) is 5.44. The average Bonchev–Trinajstić information content (AvgIpc) is 3.11. The van der Waals surface area contributed by atoms with Gasteiger partial charge in [0.05, 0.1) is 6.04 Å². The first-order valence-electron chi connectivity index (χ1n) is 9.43. The molecule has 2 aromatic heterocycles. The van der Waals surface area contributed by atoms with Crippen molar-refractivity contribution in [3.63, 3.8) is 0 Å². The van der Waals surface area contributed by atoms with E-state index in [1.54, 1.807) is 0 Å². The molecule has 1 aromatic carbocycles. The van der Waals surface area contributed by atoms with Gasteiger partial charge in [-0.25, -0.2) is 0 Å². The Morgan fingerprint density at radius 2 is 1.72 bits per heavy atom. The standard InChI is InChI=1S/C21H26N4/c1-16(21-24-23-19-14-8-9-15-25(19)21)22-20(17-10-4-2-5-11-17)18-12-6-3-7-13-18/h2,4-5,8-11,14-16,18,20,22H,3,6-7,12-13H2,1H3/t16-,20+/m0/s1. The van der Waals surface area contributed by atoms with Gasteiger partial charge < -0.3 is 5.32 Å². The molecule has 0 saturated heterocycles. The van der Waals surface area contributed by atoms with Gasteiger partial charge in [-0.3, -0.25) is 4.40 Å². The Labute approximate surface area is 149 Å². The van der Waals surface area contributed by atoms with Crippen molar-refractivity contribution in [3.05, 3.63) is 66.1 Å². The summed E-state index contributed by atoms with van der Waals surface area (Å²) in [7, 11) is 0. The molecule has 130 valence electrons. The molecule has 4 nitrogen and oxygen atoms in total. The van der Waals surface area contributed by atoms with Gasteiger partial charge in [-0.05, 0) is 43.4 Å². The van der Waals surface area contributed by atoms with Gasteiger partial charge in [0.2, 0.25) is 0 Å². The van der Waals surface area contributed by atoms with Gasteiger partial charge in [0, 0.05) is 12.2 Å². The SMILES string of the molecule is C[C@H](N[C@H](c1ccccc1)C1CCCCC1)c1nnc2ccccn12. The number of hydrogen-bond acceptors (Lipinski definition) is 3. The van der Waals surface area contributed by atoms with E-state index in [-0.39, 0.29) is 6.04 Å². The fourth-order valence-electron chi connectivity index (χ4n) is 4.13. The number of rotatable bonds is 5. The van der Waals surface area contributed by atoms with Crippen LogP contribution in [0.5, 0.6) is 0 Å². The van der Waals surface area contributed by atoms with E-state index in [0.29, 0.717) is 12.0 Å². The van der Waals surface area contributed by atoms with Crippen LogP contribution < -0.4 is 5.32 Å². The van der Waals surface area contributed by atoms with Crippen molar-refractivity contribution in [2.24, 2.45) is 5.92 Å². The van der Waals surface area contributed by atoms with Crippen LogP contribution in [-0.4, -0.2) is 14.6 Å². The van der Waals surface area contributed by atoms with E-state index in [1.807, 2.05) is 24.4 Å². The van der Waals surface area contributed by atoms with Crippen molar-refractivity contribution in [2.45, 2.75) is 51.1 Å². The van der Waals surface area contributed by atoms with Crippen molar-refractivity contribution in [2.75, 3.05) is 0 Å².